The van der Waals surface area contributed by atoms with E-state index in [1.807, 2.05) is 36.4 Å². The predicted molar refractivity (Wildman–Crippen MR) is 87.3 cm³/mol. The second-order valence-corrected chi connectivity index (χ2v) is 5.37. The van der Waals surface area contributed by atoms with E-state index in [1.54, 1.807) is 24.5 Å². The highest BCUT2D eigenvalue weighted by molar-refractivity contribution is 6.41. The molecule has 0 spiro atoms. The maximum absolute atomic E-state index is 13.3. The highest BCUT2D eigenvalue weighted by Crippen LogP contribution is 2.41. The third-order valence-electron chi connectivity index (χ3n) is 4.02. The molecular weight excluding hydrogens is 289 g/mol. The molecule has 2 aromatic carbocycles. The van der Waals surface area contributed by atoms with E-state index < -0.39 is 0 Å². The van der Waals surface area contributed by atoms with Crippen LogP contribution in [0.15, 0.2) is 73.1 Å². The topological polar surface area (TPSA) is 30.0 Å². The number of benzene rings is 2. The summed E-state index contributed by atoms with van der Waals surface area (Å²) in [6, 6.07) is 17.4. The Labute approximate surface area is 132 Å². The smallest absolute Gasteiger partial charge is 0.194 e. The van der Waals surface area contributed by atoms with Crippen LogP contribution < -0.4 is 0 Å². The SMILES string of the molecule is O=C1C(c2ccncc2)=C(c2ccc(F)cc2)c2ccccc21. The van der Waals surface area contributed by atoms with Crippen molar-refractivity contribution in [1.82, 2.24) is 4.98 Å². The van der Waals surface area contributed by atoms with E-state index >= 15 is 0 Å². The van der Waals surface area contributed by atoms with Gasteiger partial charge in [0.25, 0.3) is 0 Å². The lowest BCUT2D eigenvalue weighted by atomic mass is 9.95. The summed E-state index contributed by atoms with van der Waals surface area (Å²) < 4.78 is 13.3. The molecule has 0 saturated carbocycles. The van der Waals surface area contributed by atoms with Crippen LogP contribution in [0.2, 0.25) is 0 Å². The molecule has 0 radical (unpaired) electrons. The lowest BCUT2D eigenvalue weighted by Gasteiger charge is -2.08. The van der Waals surface area contributed by atoms with Gasteiger partial charge in [-0.25, -0.2) is 4.39 Å². The predicted octanol–water partition coefficient (Wildman–Crippen LogP) is 4.38. The summed E-state index contributed by atoms with van der Waals surface area (Å²) in [5.41, 5.74) is 4.70. The van der Waals surface area contributed by atoms with Gasteiger partial charge in [-0.1, -0.05) is 36.4 Å². The van der Waals surface area contributed by atoms with Gasteiger partial charge in [0.2, 0.25) is 0 Å². The molecule has 23 heavy (non-hydrogen) atoms. The van der Waals surface area contributed by atoms with Crippen molar-refractivity contribution in [3.63, 3.8) is 0 Å². The standard InChI is InChI=1S/C20H12FNO/c21-15-7-5-13(6-8-15)18-16-3-1-2-4-17(16)20(23)19(18)14-9-11-22-12-10-14/h1-12H. The van der Waals surface area contributed by atoms with Gasteiger partial charge < -0.3 is 0 Å². The molecule has 0 N–H and O–H groups in total. The van der Waals surface area contributed by atoms with Crippen molar-refractivity contribution in [2.75, 3.05) is 0 Å². The molecule has 0 amide bonds. The zero-order chi connectivity index (χ0) is 15.8. The summed E-state index contributed by atoms with van der Waals surface area (Å²) in [6.07, 6.45) is 3.34. The minimum absolute atomic E-state index is 0.00822. The molecule has 2 nitrogen and oxygen atoms in total. The van der Waals surface area contributed by atoms with Crippen LogP contribution in [-0.4, -0.2) is 10.8 Å². The number of hydrogen-bond donors (Lipinski definition) is 0. The molecule has 0 saturated heterocycles. The molecule has 3 aromatic rings. The fourth-order valence-electron chi connectivity index (χ4n) is 2.99. The number of hydrogen-bond acceptors (Lipinski definition) is 2. The normalized spacial score (nSPS) is 13.3. The molecule has 110 valence electrons. The van der Waals surface area contributed by atoms with Gasteiger partial charge in [-0.2, -0.15) is 0 Å². The zero-order valence-electron chi connectivity index (χ0n) is 12.2. The Hall–Kier alpha value is -3.07. The van der Waals surface area contributed by atoms with E-state index in [9.17, 15) is 9.18 Å². The van der Waals surface area contributed by atoms with Crippen LogP contribution in [0.25, 0.3) is 11.1 Å². The maximum Gasteiger partial charge on any atom is 0.194 e. The summed E-state index contributed by atoms with van der Waals surface area (Å²) in [5, 5.41) is 0. The number of fused-ring (bicyclic) bond motifs is 1. The third kappa shape index (κ3) is 2.18. The largest absolute Gasteiger partial charge is 0.289 e. The summed E-state index contributed by atoms with van der Waals surface area (Å²) in [7, 11) is 0. The Morgan fingerprint density at radius 1 is 0.696 bits per heavy atom. The number of nitrogens with zero attached hydrogens (tertiary/aromatic N) is 1. The van der Waals surface area contributed by atoms with Crippen molar-refractivity contribution in [2.24, 2.45) is 0 Å². The Balaban J connectivity index is 2.03. The van der Waals surface area contributed by atoms with Gasteiger partial charge in [0.15, 0.2) is 5.78 Å². The molecule has 3 heteroatoms. The number of carbonyl (C=O) groups is 1. The second kappa shape index (κ2) is 5.29. The van der Waals surface area contributed by atoms with Crippen molar-refractivity contribution < 1.29 is 9.18 Å². The van der Waals surface area contributed by atoms with Gasteiger partial charge in [-0.05, 0) is 41.0 Å². The van der Waals surface area contributed by atoms with Crippen molar-refractivity contribution in [3.05, 3.63) is 101 Å². The fourth-order valence-corrected chi connectivity index (χ4v) is 2.99. The lowest BCUT2D eigenvalue weighted by molar-refractivity contribution is 0.105. The summed E-state index contributed by atoms with van der Waals surface area (Å²) in [4.78, 5) is 16.9. The number of halogens is 1. The maximum atomic E-state index is 13.3. The number of carbonyl (C=O) groups excluding carboxylic acids is 1. The fraction of sp³-hybridized carbons (Fsp3) is 0. The highest BCUT2D eigenvalue weighted by Gasteiger charge is 2.30. The first-order valence-corrected chi connectivity index (χ1v) is 7.30. The zero-order valence-corrected chi connectivity index (χ0v) is 12.2. The molecule has 1 aliphatic rings. The van der Waals surface area contributed by atoms with Gasteiger partial charge in [0.1, 0.15) is 5.82 Å². The van der Waals surface area contributed by atoms with Crippen LogP contribution >= 0.6 is 0 Å². The number of allylic oxidation sites excluding steroid dienone is 1. The lowest BCUT2D eigenvalue weighted by Crippen LogP contribution is -1.98. The average Bonchev–Trinajstić information content (AvgIpc) is 2.90. The number of rotatable bonds is 2. The van der Waals surface area contributed by atoms with Crippen LogP contribution in [0, 0.1) is 5.82 Å². The van der Waals surface area contributed by atoms with Crippen LogP contribution in [0.4, 0.5) is 4.39 Å². The first-order valence-electron chi connectivity index (χ1n) is 7.30. The first kappa shape index (κ1) is 13.6. The van der Waals surface area contributed by atoms with Crippen LogP contribution in [0.3, 0.4) is 0 Å². The van der Waals surface area contributed by atoms with Crippen molar-refractivity contribution >= 4 is 16.9 Å². The minimum atomic E-state index is -0.294. The number of aromatic nitrogens is 1. The van der Waals surface area contributed by atoms with Crippen LogP contribution in [0.1, 0.15) is 27.0 Å². The Bertz CT molecular complexity index is 927. The Morgan fingerprint density at radius 3 is 2.00 bits per heavy atom. The Morgan fingerprint density at radius 2 is 1.30 bits per heavy atom. The van der Waals surface area contributed by atoms with Gasteiger partial charge in [-0.15, -0.1) is 0 Å². The van der Waals surface area contributed by atoms with E-state index in [1.165, 1.54) is 12.1 Å². The molecule has 1 aromatic heterocycles. The number of pyridine rings is 1. The molecule has 0 bridgehead atoms. The molecule has 0 aliphatic heterocycles. The van der Waals surface area contributed by atoms with Gasteiger partial charge in [0, 0.05) is 29.1 Å². The second-order valence-electron chi connectivity index (χ2n) is 5.37. The molecule has 0 unspecified atom stereocenters. The van der Waals surface area contributed by atoms with E-state index in [0.717, 1.165) is 22.3 Å². The molecule has 1 aliphatic carbocycles. The van der Waals surface area contributed by atoms with E-state index in [4.69, 9.17) is 0 Å². The summed E-state index contributed by atoms with van der Waals surface area (Å²) in [5.74, 6) is -0.302. The number of Topliss-reactive ketones (excluding diaryl/α,β-unsaturated/α-hetero) is 1. The van der Waals surface area contributed by atoms with Crippen molar-refractivity contribution in [1.29, 1.82) is 0 Å². The van der Waals surface area contributed by atoms with Crippen molar-refractivity contribution in [2.45, 2.75) is 0 Å². The quantitative estimate of drug-likeness (QED) is 0.703. The van der Waals surface area contributed by atoms with E-state index in [0.29, 0.717) is 11.1 Å². The molecule has 0 fully saturated rings. The van der Waals surface area contributed by atoms with E-state index in [2.05, 4.69) is 4.98 Å². The molecular formula is C20H12FNO. The third-order valence-corrected chi connectivity index (χ3v) is 4.02. The molecule has 1 heterocycles. The first-order chi connectivity index (χ1) is 11.3. The number of ketones is 1. The van der Waals surface area contributed by atoms with Gasteiger partial charge in [-0.3, -0.25) is 9.78 Å². The highest BCUT2D eigenvalue weighted by atomic mass is 19.1. The summed E-state index contributed by atoms with van der Waals surface area (Å²) >= 11 is 0. The van der Waals surface area contributed by atoms with Crippen LogP contribution in [-0.2, 0) is 0 Å². The average molecular weight is 301 g/mol. The minimum Gasteiger partial charge on any atom is -0.289 e. The van der Waals surface area contributed by atoms with Crippen molar-refractivity contribution in [3.8, 4) is 0 Å². The molecule has 0 atom stereocenters. The Kier molecular flexibility index (Phi) is 3.12. The van der Waals surface area contributed by atoms with Crippen LogP contribution in [0.5, 0.6) is 0 Å². The monoisotopic (exact) mass is 301 g/mol. The van der Waals surface area contributed by atoms with E-state index in [-0.39, 0.29) is 11.6 Å². The molecule has 4 rings (SSSR count). The van der Waals surface area contributed by atoms with Gasteiger partial charge >= 0.3 is 0 Å². The van der Waals surface area contributed by atoms with Gasteiger partial charge in [0.05, 0.1) is 0 Å². The summed E-state index contributed by atoms with van der Waals surface area (Å²) in [6.45, 7) is 0.